The largest absolute Gasteiger partial charge is 0.485 e. The second-order valence-corrected chi connectivity index (χ2v) is 4.03. The fourth-order valence-corrected chi connectivity index (χ4v) is 1.95. The van der Waals surface area contributed by atoms with Gasteiger partial charge in [-0.1, -0.05) is 17.7 Å². The zero-order valence-corrected chi connectivity index (χ0v) is 8.95. The third kappa shape index (κ3) is 1.77. The molecule has 1 aromatic rings. The van der Waals surface area contributed by atoms with Gasteiger partial charge in [-0.2, -0.15) is 0 Å². The predicted molar refractivity (Wildman–Crippen MR) is 56.2 cm³/mol. The Morgan fingerprint density at radius 1 is 1.60 bits per heavy atom. The molecule has 80 valence electrons. The summed E-state index contributed by atoms with van der Waals surface area (Å²) in [6.45, 7) is 2.00. The Hall–Kier alpha value is -1.29. The van der Waals surface area contributed by atoms with Crippen LogP contribution in [0.1, 0.15) is 11.1 Å². The number of nitro groups is 1. The third-order valence-electron chi connectivity index (χ3n) is 2.60. The molecule has 1 atom stereocenters. The fraction of sp³-hybridized carbons (Fsp3) is 0.400. The molecule has 5 heteroatoms. The monoisotopic (exact) mass is 227 g/mol. The normalized spacial score (nSPS) is 19.2. The maximum atomic E-state index is 10.7. The zero-order chi connectivity index (χ0) is 11.0. The lowest BCUT2D eigenvalue weighted by atomic mass is 9.98. The number of halogens is 1. The quantitative estimate of drug-likeness (QED) is 0.546. The van der Waals surface area contributed by atoms with E-state index in [0.29, 0.717) is 17.2 Å². The van der Waals surface area contributed by atoms with E-state index in [9.17, 15) is 10.1 Å². The molecule has 0 saturated carbocycles. The third-order valence-corrected chi connectivity index (χ3v) is 2.90. The van der Waals surface area contributed by atoms with Crippen LogP contribution in [0.4, 0.5) is 0 Å². The van der Waals surface area contributed by atoms with Gasteiger partial charge in [-0.15, -0.1) is 0 Å². The summed E-state index contributed by atoms with van der Waals surface area (Å²) in [7, 11) is 0. The highest BCUT2D eigenvalue weighted by molar-refractivity contribution is 6.32. The topological polar surface area (TPSA) is 52.4 Å². The number of aryl methyl sites for hydroxylation is 1. The Bertz CT molecular complexity index is 419. The van der Waals surface area contributed by atoms with E-state index >= 15 is 0 Å². The van der Waals surface area contributed by atoms with E-state index in [0.717, 1.165) is 11.1 Å². The summed E-state index contributed by atoms with van der Waals surface area (Å²) in [5.41, 5.74) is 1.84. The van der Waals surface area contributed by atoms with Gasteiger partial charge in [-0.05, 0) is 18.6 Å². The van der Waals surface area contributed by atoms with Crippen molar-refractivity contribution in [3.05, 3.63) is 38.4 Å². The summed E-state index contributed by atoms with van der Waals surface area (Å²) in [5.74, 6) is 0.606. The Balaban J connectivity index is 2.41. The fourth-order valence-electron chi connectivity index (χ4n) is 1.72. The Labute approximate surface area is 92.0 Å². The standard InChI is InChI=1S/C10H10ClNO3/c1-6-2-3-9(11)10-8(6)4-7(5-15-10)12(13)14/h2-3,7H,4-5H2,1H3. The van der Waals surface area contributed by atoms with Crippen LogP contribution in [0, 0.1) is 17.0 Å². The van der Waals surface area contributed by atoms with E-state index in [-0.39, 0.29) is 11.5 Å². The zero-order valence-electron chi connectivity index (χ0n) is 8.20. The first-order chi connectivity index (χ1) is 7.09. The van der Waals surface area contributed by atoms with Crippen LogP contribution in [0.5, 0.6) is 5.75 Å². The van der Waals surface area contributed by atoms with E-state index in [1.54, 1.807) is 6.07 Å². The molecule has 1 aliphatic heterocycles. The number of rotatable bonds is 1. The Kier molecular flexibility index (Phi) is 2.52. The van der Waals surface area contributed by atoms with Crippen LogP contribution in [-0.2, 0) is 6.42 Å². The van der Waals surface area contributed by atoms with E-state index < -0.39 is 6.04 Å². The maximum Gasteiger partial charge on any atom is 0.250 e. The van der Waals surface area contributed by atoms with Crippen molar-refractivity contribution in [2.24, 2.45) is 0 Å². The summed E-state index contributed by atoms with van der Waals surface area (Å²) in [6, 6.07) is 2.95. The lowest BCUT2D eigenvalue weighted by molar-refractivity contribution is -0.525. The summed E-state index contributed by atoms with van der Waals surface area (Å²) in [5, 5.41) is 11.2. The molecule has 2 rings (SSSR count). The van der Waals surface area contributed by atoms with Crippen LogP contribution in [0.2, 0.25) is 5.02 Å². The Morgan fingerprint density at radius 3 is 3.00 bits per heavy atom. The molecule has 0 fully saturated rings. The minimum Gasteiger partial charge on any atom is -0.485 e. The summed E-state index contributed by atoms with van der Waals surface area (Å²) in [6.07, 6.45) is 0.398. The smallest absolute Gasteiger partial charge is 0.250 e. The summed E-state index contributed by atoms with van der Waals surface area (Å²) < 4.78 is 5.34. The van der Waals surface area contributed by atoms with Crippen LogP contribution < -0.4 is 4.74 Å². The molecule has 0 N–H and O–H groups in total. The van der Waals surface area contributed by atoms with Crippen molar-refractivity contribution >= 4 is 11.6 Å². The van der Waals surface area contributed by atoms with Crippen molar-refractivity contribution in [2.45, 2.75) is 19.4 Å². The van der Waals surface area contributed by atoms with Gasteiger partial charge in [0.2, 0.25) is 0 Å². The SMILES string of the molecule is Cc1ccc(Cl)c2c1CC([N+](=O)[O-])CO2. The van der Waals surface area contributed by atoms with Gasteiger partial charge in [0.15, 0.2) is 6.61 Å². The van der Waals surface area contributed by atoms with E-state index in [4.69, 9.17) is 16.3 Å². The summed E-state index contributed by atoms with van der Waals surface area (Å²) in [4.78, 5) is 10.4. The number of hydrogen-bond donors (Lipinski definition) is 0. The van der Waals surface area contributed by atoms with Gasteiger partial charge in [0, 0.05) is 16.9 Å². The van der Waals surface area contributed by atoms with Crippen LogP contribution in [-0.4, -0.2) is 17.6 Å². The van der Waals surface area contributed by atoms with Crippen molar-refractivity contribution in [3.8, 4) is 5.75 Å². The minimum atomic E-state index is -0.658. The maximum absolute atomic E-state index is 10.7. The molecule has 0 bridgehead atoms. The van der Waals surface area contributed by atoms with Gasteiger partial charge in [0.1, 0.15) is 5.75 Å². The molecule has 0 aliphatic carbocycles. The van der Waals surface area contributed by atoms with Gasteiger partial charge < -0.3 is 4.74 Å². The number of hydrogen-bond acceptors (Lipinski definition) is 3. The molecule has 0 amide bonds. The molecule has 0 spiro atoms. The van der Waals surface area contributed by atoms with Crippen LogP contribution in [0.25, 0.3) is 0 Å². The molecule has 0 aromatic heterocycles. The highest BCUT2D eigenvalue weighted by atomic mass is 35.5. The number of fused-ring (bicyclic) bond motifs is 1. The van der Waals surface area contributed by atoms with Gasteiger partial charge in [-0.3, -0.25) is 10.1 Å². The lowest BCUT2D eigenvalue weighted by Crippen LogP contribution is -2.33. The van der Waals surface area contributed by atoms with E-state index in [1.165, 1.54) is 0 Å². The average molecular weight is 228 g/mol. The second-order valence-electron chi connectivity index (χ2n) is 3.63. The molecule has 15 heavy (non-hydrogen) atoms. The number of nitrogens with zero attached hydrogens (tertiary/aromatic N) is 1. The first kappa shape index (κ1) is 10.2. The molecule has 1 unspecified atom stereocenters. The van der Waals surface area contributed by atoms with Crippen molar-refractivity contribution in [1.29, 1.82) is 0 Å². The molecule has 1 heterocycles. The van der Waals surface area contributed by atoms with E-state index in [2.05, 4.69) is 0 Å². The molecule has 0 saturated heterocycles. The van der Waals surface area contributed by atoms with Crippen molar-refractivity contribution in [2.75, 3.05) is 6.61 Å². The molecular weight excluding hydrogens is 218 g/mol. The number of ether oxygens (including phenoxy) is 1. The van der Waals surface area contributed by atoms with Crippen molar-refractivity contribution in [3.63, 3.8) is 0 Å². The van der Waals surface area contributed by atoms with Crippen molar-refractivity contribution in [1.82, 2.24) is 0 Å². The molecule has 4 nitrogen and oxygen atoms in total. The molecule has 1 aliphatic rings. The highest BCUT2D eigenvalue weighted by Gasteiger charge is 2.30. The average Bonchev–Trinajstić information content (AvgIpc) is 2.23. The lowest BCUT2D eigenvalue weighted by Gasteiger charge is -2.22. The predicted octanol–water partition coefficient (Wildman–Crippen LogP) is 2.23. The molecule has 0 radical (unpaired) electrons. The minimum absolute atomic E-state index is 0.100. The Morgan fingerprint density at radius 2 is 2.33 bits per heavy atom. The van der Waals surface area contributed by atoms with Gasteiger partial charge >= 0.3 is 0 Å². The van der Waals surface area contributed by atoms with Gasteiger partial charge in [0.25, 0.3) is 6.04 Å². The summed E-state index contributed by atoms with van der Waals surface area (Å²) >= 11 is 5.95. The first-order valence-corrected chi connectivity index (χ1v) is 5.01. The van der Waals surface area contributed by atoms with Crippen LogP contribution >= 0.6 is 11.6 Å². The molecule has 1 aromatic carbocycles. The number of benzene rings is 1. The van der Waals surface area contributed by atoms with Crippen LogP contribution in [0.3, 0.4) is 0 Å². The highest BCUT2D eigenvalue weighted by Crippen LogP contribution is 2.35. The van der Waals surface area contributed by atoms with Crippen LogP contribution in [0.15, 0.2) is 12.1 Å². The molecular formula is C10H10ClNO3. The first-order valence-electron chi connectivity index (χ1n) is 4.64. The van der Waals surface area contributed by atoms with Crippen molar-refractivity contribution < 1.29 is 9.66 Å². The van der Waals surface area contributed by atoms with Gasteiger partial charge in [-0.25, -0.2) is 0 Å². The van der Waals surface area contributed by atoms with Gasteiger partial charge in [0.05, 0.1) is 5.02 Å². The van der Waals surface area contributed by atoms with E-state index in [1.807, 2.05) is 13.0 Å². The second kappa shape index (κ2) is 3.70.